The molecule has 1 aromatic carbocycles. The Bertz CT molecular complexity index is 629. The topological polar surface area (TPSA) is 54.9 Å². The Balaban J connectivity index is 2.30. The lowest BCUT2D eigenvalue weighted by atomic mass is 10.1. The summed E-state index contributed by atoms with van der Waals surface area (Å²) in [5.41, 5.74) is 1.03. The summed E-state index contributed by atoms with van der Waals surface area (Å²) in [5, 5.41) is 10.5. The molecule has 0 atom stereocenters. The largest absolute Gasteiger partial charge is 0.350 e. The van der Waals surface area contributed by atoms with Crippen LogP contribution in [0, 0.1) is 5.82 Å². The number of benzene rings is 1. The molecule has 0 fully saturated rings. The molecule has 0 radical (unpaired) electrons. The number of nitrogens with zero attached hydrogens (tertiary/aromatic N) is 2. The number of rotatable bonds is 3. The first-order valence-corrected chi connectivity index (χ1v) is 6.45. The minimum absolute atomic E-state index is 0.00405. The molecule has 2 aromatic rings. The molecule has 0 aliphatic carbocycles. The van der Waals surface area contributed by atoms with Crippen molar-refractivity contribution in [1.29, 1.82) is 0 Å². The Morgan fingerprint density at radius 1 is 1.25 bits per heavy atom. The van der Waals surface area contributed by atoms with Gasteiger partial charge in [-0.25, -0.2) is 4.39 Å². The van der Waals surface area contributed by atoms with Crippen molar-refractivity contribution >= 4 is 17.5 Å². The highest BCUT2D eigenvalue weighted by Gasteiger charge is 2.14. The van der Waals surface area contributed by atoms with Gasteiger partial charge in [-0.2, -0.15) is 0 Å². The Morgan fingerprint density at radius 2 is 2.00 bits per heavy atom. The van der Waals surface area contributed by atoms with Gasteiger partial charge in [0, 0.05) is 11.6 Å². The Hall–Kier alpha value is -2.01. The van der Waals surface area contributed by atoms with Crippen molar-refractivity contribution in [2.45, 2.75) is 19.9 Å². The van der Waals surface area contributed by atoms with Gasteiger partial charge in [-0.1, -0.05) is 17.7 Å². The molecule has 1 heterocycles. The molecule has 0 aliphatic rings. The van der Waals surface area contributed by atoms with Crippen molar-refractivity contribution in [3.63, 3.8) is 0 Å². The van der Waals surface area contributed by atoms with Crippen LogP contribution in [0.15, 0.2) is 30.3 Å². The first kappa shape index (κ1) is 14.4. The average Bonchev–Trinajstić information content (AvgIpc) is 2.38. The molecular formula is C14H13ClFN3O. The van der Waals surface area contributed by atoms with Gasteiger partial charge in [0.15, 0.2) is 5.15 Å². The van der Waals surface area contributed by atoms with E-state index < -0.39 is 11.7 Å². The normalized spacial score (nSPS) is 10.7. The maximum absolute atomic E-state index is 14.0. The number of carbonyl (C=O) groups is 1. The van der Waals surface area contributed by atoms with Gasteiger partial charge in [-0.3, -0.25) is 4.79 Å². The molecule has 0 saturated carbocycles. The van der Waals surface area contributed by atoms with Gasteiger partial charge in [0.2, 0.25) is 0 Å². The molecule has 0 bridgehead atoms. The molecular weight excluding hydrogens is 281 g/mol. The SMILES string of the molecule is CC(C)NC(=O)c1ccc(-c2ccc(Cl)nn2)cc1F. The fourth-order valence-electron chi connectivity index (χ4n) is 1.67. The number of hydrogen-bond donors (Lipinski definition) is 1. The zero-order chi connectivity index (χ0) is 14.7. The van der Waals surface area contributed by atoms with E-state index in [9.17, 15) is 9.18 Å². The summed E-state index contributed by atoms with van der Waals surface area (Å²) in [7, 11) is 0. The quantitative estimate of drug-likeness (QED) is 0.946. The summed E-state index contributed by atoms with van der Waals surface area (Å²) >= 11 is 5.64. The first-order valence-electron chi connectivity index (χ1n) is 6.07. The Morgan fingerprint density at radius 3 is 2.55 bits per heavy atom. The van der Waals surface area contributed by atoms with E-state index >= 15 is 0 Å². The predicted molar refractivity (Wildman–Crippen MR) is 75.0 cm³/mol. The second-order valence-electron chi connectivity index (χ2n) is 4.56. The molecule has 20 heavy (non-hydrogen) atoms. The van der Waals surface area contributed by atoms with Crippen LogP contribution in [0.4, 0.5) is 4.39 Å². The van der Waals surface area contributed by atoms with Crippen LogP contribution in [0.3, 0.4) is 0 Å². The fourth-order valence-corrected chi connectivity index (χ4v) is 1.77. The van der Waals surface area contributed by atoms with E-state index in [2.05, 4.69) is 15.5 Å². The highest BCUT2D eigenvalue weighted by Crippen LogP contribution is 2.20. The molecule has 1 amide bonds. The van der Waals surface area contributed by atoms with Gasteiger partial charge in [0.05, 0.1) is 11.3 Å². The van der Waals surface area contributed by atoms with Crippen LogP contribution in [0.5, 0.6) is 0 Å². The zero-order valence-corrected chi connectivity index (χ0v) is 11.8. The maximum atomic E-state index is 14.0. The second-order valence-corrected chi connectivity index (χ2v) is 4.95. The van der Waals surface area contributed by atoms with Crippen molar-refractivity contribution in [2.24, 2.45) is 0 Å². The van der Waals surface area contributed by atoms with E-state index in [0.29, 0.717) is 11.3 Å². The summed E-state index contributed by atoms with van der Waals surface area (Å²) in [6.07, 6.45) is 0. The van der Waals surface area contributed by atoms with Crippen molar-refractivity contribution in [2.75, 3.05) is 0 Å². The van der Waals surface area contributed by atoms with Gasteiger partial charge in [0.1, 0.15) is 5.82 Å². The van der Waals surface area contributed by atoms with E-state index in [0.717, 1.165) is 0 Å². The van der Waals surface area contributed by atoms with E-state index in [-0.39, 0.29) is 16.8 Å². The third kappa shape index (κ3) is 3.30. The van der Waals surface area contributed by atoms with E-state index in [1.807, 2.05) is 13.8 Å². The molecule has 0 unspecified atom stereocenters. The molecule has 0 spiro atoms. The van der Waals surface area contributed by atoms with Gasteiger partial charge in [-0.15, -0.1) is 10.2 Å². The van der Waals surface area contributed by atoms with Crippen LogP contribution < -0.4 is 5.32 Å². The van der Waals surface area contributed by atoms with Crippen molar-refractivity contribution in [3.8, 4) is 11.3 Å². The van der Waals surface area contributed by atoms with Crippen LogP contribution in [0.25, 0.3) is 11.3 Å². The van der Waals surface area contributed by atoms with Crippen LogP contribution in [0.2, 0.25) is 5.15 Å². The monoisotopic (exact) mass is 293 g/mol. The summed E-state index contributed by atoms with van der Waals surface area (Å²) in [6, 6.07) is 7.46. The minimum Gasteiger partial charge on any atom is -0.350 e. The number of nitrogens with one attached hydrogen (secondary N) is 1. The number of aromatic nitrogens is 2. The third-order valence-corrected chi connectivity index (χ3v) is 2.76. The second kappa shape index (κ2) is 5.96. The lowest BCUT2D eigenvalue weighted by molar-refractivity contribution is 0.0939. The number of carbonyl (C=O) groups excluding carboxylic acids is 1. The highest BCUT2D eigenvalue weighted by atomic mass is 35.5. The summed E-state index contributed by atoms with van der Waals surface area (Å²) in [6.45, 7) is 3.63. The van der Waals surface area contributed by atoms with Gasteiger partial charge < -0.3 is 5.32 Å². The lowest BCUT2D eigenvalue weighted by Crippen LogP contribution is -2.30. The molecule has 1 aromatic heterocycles. The summed E-state index contributed by atoms with van der Waals surface area (Å²) < 4.78 is 14.0. The molecule has 104 valence electrons. The number of amides is 1. The summed E-state index contributed by atoms with van der Waals surface area (Å²) in [4.78, 5) is 11.8. The molecule has 4 nitrogen and oxygen atoms in total. The summed E-state index contributed by atoms with van der Waals surface area (Å²) in [5.74, 6) is -1.04. The molecule has 0 aliphatic heterocycles. The number of hydrogen-bond acceptors (Lipinski definition) is 3. The van der Waals surface area contributed by atoms with Crippen LogP contribution in [-0.4, -0.2) is 22.1 Å². The lowest BCUT2D eigenvalue weighted by Gasteiger charge is -2.09. The van der Waals surface area contributed by atoms with Gasteiger partial charge in [-0.05, 0) is 38.1 Å². The Kier molecular flexibility index (Phi) is 4.29. The molecule has 0 saturated heterocycles. The van der Waals surface area contributed by atoms with Crippen LogP contribution >= 0.6 is 11.6 Å². The predicted octanol–water partition coefficient (Wildman–Crippen LogP) is 3.07. The zero-order valence-electron chi connectivity index (χ0n) is 11.0. The first-order chi connectivity index (χ1) is 9.47. The highest BCUT2D eigenvalue weighted by molar-refractivity contribution is 6.29. The Labute approximate surface area is 121 Å². The van der Waals surface area contributed by atoms with Crippen LogP contribution in [0.1, 0.15) is 24.2 Å². The maximum Gasteiger partial charge on any atom is 0.254 e. The van der Waals surface area contributed by atoms with Crippen molar-refractivity contribution < 1.29 is 9.18 Å². The van der Waals surface area contributed by atoms with Crippen LogP contribution in [-0.2, 0) is 0 Å². The fraction of sp³-hybridized carbons (Fsp3) is 0.214. The van der Waals surface area contributed by atoms with Gasteiger partial charge >= 0.3 is 0 Å². The van der Waals surface area contributed by atoms with E-state index in [4.69, 9.17) is 11.6 Å². The third-order valence-electron chi connectivity index (χ3n) is 2.56. The number of halogens is 2. The molecule has 6 heteroatoms. The average molecular weight is 294 g/mol. The smallest absolute Gasteiger partial charge is 0.254 e. The van der Waals surface area contributed by atoms with Gasteiger partial charge in [0.25, 0.3) is 5.91 Å². The van der Waals surface area contributed by atoms with Crippen molar-refractivity contribution in [1.82, 2.24) is 15.5 Å². The van der Waals surface area contributed by atoms with E-state index in [1.54, 1.807) is 18.2 Å². The minimum atomic E-state index is -0.600. The van der Waals surface area contributed by atoms with Crippen molar-refractivity contribution in [3.05, 3.63) is 46.9 Å². The van der Waals surface area contributed by atoms with E-state index in [1.165, 1.54) is 12.1 Å². The molecule has 2 rings (SSSR count). The molecule has 1 N–H and O–H groups in total. The standard InChI is InChI=1S/C14H13ClFN3O/c1-8(2)17-14(20)10-4-3-9(7-11(10)16)12-5-6-13(15)19-18-12/h3-8H,1-2H3,(H,17,20).